The molecule has 0 saturated carbocycles. The summed E-state index contributed by atoms with van der Waals surface area (Å²) >= 11 is 1.56. The van der Waals surface area contributed by atoms with Crippen LogP contribution in [0.5, 0.6) is 0 Å². The number of likely N-dealkylation sites (tertiary alicyclic amines) is 1. The van der Waals surface area contributed by atoms with Crippen LogP contribution in [-0.2, 0) is 16.0 Å². The summed E-state index contributed by atoms with van der Waals surface area (Å²) in [5, 5.41) is 13.4. The minimum atomic E-state index is -0.834. The molecular weight excluding hydrogens is 298 g/mol. The second kappa shape index (κ2) is 6.32. The highest BCUT2D eigenvalue weighted by Crippen LogP contribution is 2.33. The highest BCUT2D eigenvalue weighted by molar-refractivity contribution is 7.08. The molecule has 1 amide bonds. The minimum absolute atomic E-state index is 0.00285. The molecule has 2 aromatic rings. The molecule has 1 aliphatic heterocycles. The quantitative estimate of drug-likeness (QED) is 0.943. The summed E-state index contributed by atoms with van der Waals surface area (Å²) in [4.78, 5) is 25.6. The lowest BCUT2D eigenvalue weighted by molar-refractivity contribution is -0.141. The van der Waals surface area contributed by atoms with E-state index in [9.17, 15) is 14.7 Å². The van der Waals surface area contributed by atoms with Crippen molar-refractivity contribution >= 4 is 23.2 Å². The fraction of sp³-hybridized carbons (Fsp3) is 0.294. The minimum Gasteiger partial charge on any atom is -0.481 e. The van der Waals surface area contributed by atoms with Crippen LogP contribution in [0.15, 0.2) is 47.2 Å². The van der Waals surface area contributed by atoms with Gasteiger partial charge in [0, 0.05) is 19.0 Å². The number of thiophene rings is 1. The van der Waals surface area contributed by atoms with Crippen molar-refractivity contribution in [3.05, 3.63) is 58.3 Å². The predicted octanol–water partition coefficient (Wildman–Crippen LogP) is 2.62. The van der Waals surface area contributed by atoms with E-state index in [-0.39, 0.29) is 18.4 Å². The molecule has 1 aromatic heterocycles. The van der Waals surface area contributed by atoms with Crippen molar-refractivity contribution in [1.82, 2.24) is 4.90 Å². The molecule has 0 aliphatic carbocycles. The molecule has 0 spiro atoms. The fourth-order valence-corrected chi connectivity index (χ4v) is 3.64. The Hall–Kier alpha value is -2.14. The SMILES string of the molecule is O=C(O)[C@@H]1CN(C(=O)Cc2ccsc2)C[C@@H]1c1ccccc1. The number of aliphatic carboxylic acids is 1. The van der Waals surface area contributed by atoms with Crippen LogP contribution in [0, 0.1) is 5.92 Å². The lowest BCUT2D eigenvalue weighted by Gasteiger charge is -2.16. The summed E-state index contributed by atoms with van der Waals surface area (Å²) in [5.41, 5.74) is 1.98. The van der Waals surface area contributed by atoms with Gasteiger partial charge in [-0.25, -0.2) is 0 Å². The predicted molar refractivity (Wildman–Crippen MR) is 84.9 cm³/mol. The van der Waals surface area contributed by atoms with Crippen LogP contribution < -0.4 is 0 Å². The fourth-order valence-electron chi connectivity index (χ4n) is 2.98. The van der Waals surface area contributed by atoms with Crippen molar-refractivity contribution in [2.24, 2.45) is 5.92 Å². The van der Waals surface area contributed by atoms with E-state index in [0.29, 0.717) is 13.0 Å². The van der Waals surface area contributed by atoms with Crippen molar-refractivity contribution in [2.45, 2.75) is 12.3 Å². The highest BCUT2D eigenvalue weighted by Gasteiger charge is 2.40. The van der Waals surface area contributed by atoms with Gasteiger partial charge in [-0.2, -0.15) is 11.3 Å². The van der Waals surface area contributed by atoms with E-state index in [0.717, 1.165) is 11.1 Å². The third-order valence-corrected chi connectivity index (χ3v) is 4.88. The number of hydrogen-bond acceptors (Lipinski definition) is 3. The molecule has 114 valence electrons. The number of carboxylic acids is 1. The van der Waals surface area contributed by atoms with E-state index < -0.39 is 11.9 Å². The Morgan fingerprint density at radius 2 is 1.95 bits per heavy atom. The number of benzene rings is 1. The van der Waals surface area contributed by atoms with Gasteiger partial charge in [-0.3, -0.25) is 9.59 Å². The van der Waals surface area contributed by atoms with Gasteiger partial charge in [0.25, 0.3) is 0 Å². The monoisotopic (exact) mass is 315 g/mol. The number of amides is 1. The Kier molecular flexibility index (Phi) is 4.24. The van der Waals surface area contributed by atoms with E-state index >= 15 is 0 Å². The Morgan fingerprint density at radius 1 is 1.18 bits per heavy atom. The van der Waals surface area contributed by atoms with Gasteiger partial charge in [0.2, 0.25) is 5.91 Å². The number of rotatable bonds is 4. The topological polar surface area (TPSA) is 57.6 Å². The summed E-state index contributed by atoms with van der Waals surface area (Å²) in [6.45, 7) is 0.766. The summed E-state index contributed by atoms with van der Waals surface area (Å²) in [7, 11) is 0. The first-order chi connectivity index (χ1) is 10.6. The number of hydrogen-bond donors (Lipinski definition) is 1. The van der Waals surface area contributed by atoms with Gasteiger partial charge >= 0.3 is 5.97 Å². The number of nitrogens with zero attached hydrogens (tertiary/aromatic N) is 1. The largest absolute Gasteiger partial charge is 0.481 e. The molecular formula is C17H17NO3S. The zero-order chi connectivity index (χ0) is 15.5. The molecule has 0 unspecified atom stereocenters. The first kappa shape index (κ1) is 14.8. The van der Waals surface area contributed by atoms with Crippen LogP contribution in [0.4, 0.5) is 0 Å². The molecule has 0 radical (unpaired) electrons. The average Bonchev–Trinajstić information content (AvgIpc) is 3.17. The van der Waals surface area contributed by atoms with Gasteiger partial charge in [-0.05, 0) is 28.0 Å². The maximum absolute atomic E-state index is 12.4. The molecule has 1 saturated heterocycles. The Bertz CT molecular complexity index is 654. The standard InChI is InChI=1S/C17H17NO3S/c19-16(8-12-6-7-22-11-12)18-9-14(15(10-18)17(20)21)13-4-2-1-3-5-13/h1-7,11,14-15H,8-10H2,(H,20,21)/t14-,15-/m1/s1. The molecule has 0 bridgehead atoms. The smallest absolute Gasteiger partial charge is 0.308 e. The second-order valence-electron chi connectivity index (χ2n) is 5.57. The summed E-state index contributed by atoms with van der Waals surface area (Å²) in [6.07, 6.45) is 0.345. The van der Waals surface area contributed by atoms with Gasteiger partial charge < -0.3 is 10.0 Å². The first-order valence-corrected chi connectivity index (χ1v) is 8.16. The first-order valence-electron chi connectivity index (χ1n) is 7.21. The molecule has 1 aliphatic rings. The lowest BCUT2D eigenvalue weighted by atomic mass is 9.89. The molecule has 2 heterocycles. The zero-order valence-corrected chi connectivity index (χ0v) is 12.8. The van der Waals surface area contributed by atoms with Crippen LogP contribution in [-0.4, -0.2) is 35.0 Å². The molecule has 1 aromatic carbocycles. The van der Waals surface area contributed by atoms with Crippen molar-refractivity contribution in [3.8, 4) is 0 Å². The van der Waals surface area contributed by atoms with Gasteiger partial charge in [0.15, 0.2) is 0 Å². The van der Waals surface area contributed by atoms with Crippen molar-refractivity contribution < 1.29 is 14.7 Å². The van der Waals surface area contributed by atoms with Gasteiger partial charge in [0.05, 0.1) is 12.3 Å². The third kappa shape index (κ3) is 3.04. The van der Waals surface area contributed by atoms with E-state index in [1.165, 1.54) is 0 Å². The summed E-state index contributed by atoms with van der Waals surface area (Å²) in [5.74, 6) is -1.50. The lowest BCUT2D eigenvalue weighted by Crippen LogP contribution is -2.31. The summed E-state index contributed by atoms with van der Waals surface area (Å²) < 4.78 is 0. The van der Waals surface area contributed by atoms with Gasteiger partial charge in [-0.1, -0.05) is 30.3 Å². The van der Waals surface area contributed by atoms with Crippen LogP contribution >= 0.6 is 11.3 Å². The van der Waals surface area contributed by atoms with E-state index in [1.54, 1.807) is 16.2 Å². The van der Waals surface area contributed by atoms with Crippen molar-refractivity contribution in [1.29, 1.82) is 0 Å². The van der Waals surface area contributed by atoms with Crippen LogP contribution in [0.25, 0.3) is 0 Å². The van der Waals surface area contributed by atoms with Crippen LogP contribution in [0.1, 0.15) is 17.0 Å². The van der Waals surface area contributed by atoms with Crippen molar-refractivity contribution in [3.63, 3.8) is 0 Å². The van der Waals surface area contributed by atoms with E-state index in [4.69, 9.17) is 0 Å². The maximum Gasteiger partial charge on any atom is 0.308 e. The van der Waals surface area contributed by atoms with Crippen LogP contribution in [0.3, 0.4) is 0 Å². The summed E-state index contributed by atoms with van der Waals surface area (Å²) in [6, 6.07) is 11.5. The number of carboxylic acid groups (broad SMARTS) is 1. The van der Waals surface area contributed by atoms with Crippen molar-refractivity contribution in [2.75, 3.05) is 13.1 Å². The van der Waals surface area contributed by atoms with Gasteiger partial charge in [-0.15, -0.1) is 0 Å². The van der Waals surface area contributed by atoms with Crippen LogP contribution in [0.2, 0.25) is 0 Å². The van der Waals surface area contributed by atoms with E-state index in [2.05, 4.69) is 0 Å². The Labute approximate surface area is 133 Å². The highest BCUT2D eigenvalue weighted by atomic mass is 32.1. The Morgan fingerprint density at radius 3 is 2.59 bits per heavy atom. The molecule has 2 atom stereocenters. The average molecular weight is 315 g/mol. The molecule has 5 heteroatoms. The number of carbonyl (C=O) groups is 2. The number of carbonyl (C=O) groups excluding carboxylic acids is 1. The third-order valence-electron chi connectivity index (χ3n) is 4.15. The van der Waals surface area contributed by atoms with Gasteiger partial charge in [0.1, 0.15) is 0 Å². The second-order valence-corrected chi connectivity index (χ2v) is 6.35. The van der Waals surface area contributed by atoms with E-state index in [1.807, 2.05) is 47.2 Å². The maximum atomic E-state index is 12.4. The molecule has 1 N–H and O–H groups in total. The normalized spacial score (nSPS) is 21.0. The molecule has 1 fully saturated rings. The zero-order valence-electron chi connectivity index (χ0n) is 12.0. The molecule has 4 nitrogen and oxygen atoms in total. The molecule has 22 heavy (non-hydrogen) atoms. The Balaban J connectivity index is 1.75. The molecule has 3 rings (SSSR count).